The highest BCUT2D eigenvalue weighted by molar-refractivity contribution is 6.00. The average Bonchev–Trinajstić information content (AvgIpc) is 2.71. The van der Waals surface area contributed by atoms with Gasteiger partial charge in [0, 0.05) is 36.9 Å². The van der Waals surface area contributed by atoms with Gasteiger partial charge in [-0.15, -0.1) is 0 Å². The first-order valence-corrected chi connectivity index (χ1v) is 9.92. The lowest BCUT2D eigenvalue weighted by Crippen LogP contribution is -2.43. The zero-order valence-electron chi connectivity index (χ0n) is 18.2. The Morgan fingerprint density at radius 1 is 1.23 bits per heavy atom. The number of hydrogen-bond acceptors (Lipinski definition) is 7. The molecule has 0 saturated heterocycles. The molecular formula is C23H29N3O4. The predicted octanol–water partition coefficient (Wildman–Crippen LogP) is 3.09. The molecule has 2 N–H and O–H groups in total. The molecule has 2 aliphatic rings. The lowest BCUT2D eigenvalue weighted by Gasteiger charge is -2.44. The lowest BCUT2D eigenvalue weighted by molar-refractivity contribution is -0.118. The van der Waals surface area contributed by atoms with Gasteiger partial charge in [0.15, 0.2) is 5.78 Å². The third kappa shape index (κ3) is 3.75. The van der Waals surface area contributed by atoms with E-state index in [9.17, 15) is 10.1 Å². The molecule has 1 aromatic rings. The number of carbonyl (C=O) groups is 1. The highest BCUT2D eigenvalue weighted by Gasteiger charge is 2.44. The zero-order chi connectivity index (χ0) is 22.1. The minimum Gasteiger partial charge on any atom is -0.497 e. The van der Waals surface area contributed by atoms with E-state index in [0.29, 0.717) is 60.0 Å². The number of allylic oxidation sites excluding steroid dienone is 3. The Morgan fingerprint density at radius 3 is 2.57 bits per heavy atom. The Balaban J connectivity index is 2.29. The molecule has 0 aromatic heterocycles. The van der Waals surface area contributed by atoms with Crippen LogP contribution in [0.4, 0.5) is 0 Å². The molecule has 0 radical (unpaired) electrons. The molecule has 7 nitrogen and oxygen atoms in total. The molecule has 0 spiro atoms. The largest absolute Gasteiger partial charge is 0.497 e. The van der Waals surface area contributed by atoms with Gasteiger partial charge < -0.3 is 24.8 Å². The lowest BCUT2D eigenvalue weighted by atomic mass is 9.68. The number of rotatable bonds is 6. The maximum absolute atomic E-state index is 13.4. The van der Waals surface area contributed by atoms with Crippen LogP contribution in [0, 0.1) is 16.7 Å². The summed E-state index contributed by atoms with van der Waals surface area (Å²) in [4.78, 5) is 15.3. The summed E-state index contributed by atoms with van der Waals surface area (Å²) >= 11 is 0. The number of methoxy groups -OCH3 is 3. The van der Waals surface area contributed by atoms with Gasteiger partial charge in [0.05, 0.1) is 38.4 Å². The average molecular weight is 412 g/mol. The van der Waals surface area contributed by atoms with Crippen LogP contribution in [0.5, 0.6) is 11.5 Å². The van der Waals surface area contributed by atoms with E-state index in [2.05, 4.69) is 19.9 Å². The molecule has 160 valence electrons. The standard InChI is InChI=1S/C23H29N3O4/c1-23(2)11-17-21(18(27)12-23)20(15-10-14(29-4)6-7-19(15)30-5)16(13-24)22(25)26(17)8-9-28-3/h6-7,10,20H,8-9,11-12,25H2,1-5H3/t20-/m0/s1. The molecule has 0 saturated carbocycles. The number of hydrogen-bond donors (Lipinski definition) is 1. The Hall–Kier alpha value is -2.98. The summed E-state index contributed by atoms with van der Waals surface area (Å²) in [6, 6.07) is 7.65. The third-order valence-electron chi connectivity index (χ3n) is 5.75. The predicted molar refractivity (Wildman–Crippen MR) is 113 cm³/mol. The normalized spacial score (nSPS) is 20.7. The number of nitriles is 1. The van der Waals surface area contributed by atoms with E-state index in [1.807, 2.05) is 11.0 Å². The van der Waals surface area contributed by atoms with E-state index < -0.39 is 5.92 Å². The molecule has 1 aliphatic carbocycles. The van der Waals surface area contributed by atoms with Gasteiger partial charge in [-0.3, -0.25) is 4.79 Å². The molecule has 7 heteroatoms. The van der Waals surface area contributed by atoms with Gasteiger partial charge in [0.2, 0.25) is 0 Å². The monoisotopic (exact) mass is 411 g/mol. The van der Waals surface area contributed by atoms with E-state index in [-0.39, 0.29) is 11.2 Å². The summed E-state index contributed by atoms with van der Waals surface area (Å²) in [6.45, 7) is 5.05. The Morgan fingerprint density at radius 2 is 1.97 bits per heavy atom. The fourth-order valence-corrected chi connectivity index (χ4v) is 4.39. The maximum Gasteiger partial charge on any atom is 0.162 e. The smallest absolute Gasteiger partial charge is 0.162 e. The second kappa shape index (κ2) is 8.41. The second-order valence-electron chi connectivity index (χ2n) is 8.40. The van der Waals surface area contributed by atoms with Crippen molar-refractivity contribution < 1.29 is 19.0 Å². The molecule has 0 unspecified atom stereocenters. The van der Waals surface area contributed by atoms with E-state index in [4.69, 9.17) is 19.9 Å². The summed E-state index contributed by atoms with van der Waals surface area (Å²) in [5, 5.41) is 10.1. The number of benzene rings is 1. The molecule has 30 heavy (non-hydrogen) atoms. The Kier molecular flexibility index (Phi) is 6.09. The maximum atomic E-state index is 13.4. The molecular weight excluding hydrogens is 382 g/mol. The Bertz CT molecular complexity index is 956. The van der Waals surface area contributed by atoms with Gasteiger partial charge >= 0.3 is 0 Å². The first-order valence-electron chi connectivity index (χ1n) is 9.92. The molecule has 3 rings (SSSR count). The van der Waals surface area contributed by atoms with Crippen LogP contribution < -0.4 is 15.2 Å². The quantitative estimate of drug-likeness (QED) is 0.768. The van der Waals surface area contributed by atoms with Crippen molar-refractivity contribution in [2.24, 2.45) is 11.1 Å². The molecule has 0 bridgehead atoms. The summed E-state index contributed by atoms with van der Waals surface area (Å²) in [5.74, 6) is 0.982. The summed E-state index contributed by atoms with van der Waals surface area (Å²) in [7, 11) is 4.76. The fourth-order valence-electron chi connectivity index (χ4n) is 4.39. The van der Waals surface area contributed by atoms with Crippen LogP contribution in [0.25, 0.3) is 0 Å². The van der Waals surface area contributed by atoms with Gasteiger partial charge in [-0.25, -0.2) is 0 Å². The van der Waals surface area contributed by atoms with Crippen molar-refractivity contribution in [3.63, 3.8) is 0 Å². The van der Waals surface area contributed by atoms with Crippen LogP contribution in [-0.4, -0.2) is 45.2 Å². The van der Waals surface area contributed by atoms with Crippen molar-refractivity contribution in [1.29, 1.82) is 5.26 Å². The van der Waals surface area contributed by atoms with Crippen LogP contribution in [0.3, 0.4) is 0 Å². The SMILES string of the molecule is COCCN1C(N)=C(C#N)[C@H](c2cc(OC)ccc2OC)C2=C1CC(C)(C)CC2=O. The van der Waals surface area contributed by atoms with Gasteiger partial charge in [-0.05, 0) is 30.0 Å². The Labute approximate surface area is 177 Å². The number of nitrogens with zero attached hydrogens (tertiary/aromatic N) is 2. The van der Waals surface area contributed by atoms with Crippen LogP contribution in [0.2, 0.25) is 0 Å². The van der Waals surface area contributed by atoms with Crippen molar-refractivity contribution in [2.75, 3.05) is 34.5 Å². The third-order valence-corrected chi connectivity index (χ3v) is 5.75. The van der Waals surface area contributed by atoms with Crippen LogP contribution in [0.1, 0.15) is 38.2 Å². The minimum atomic E-state index is -0.600. The highest BCUT2D eigenvalue weighted by atomic mass is 16.5. The van der Waals surface area contributed by atoms with E-state index in [1.54, 1.807) is 33.5 Å². The van der Waals surface area contributed by atoms with Gasteiger partial charge in [0.1, 0.15) is 17.3 Å². The summed E-state index contributed by atoms with van der Waals surface area (Å²) in [5.41, 5.74) is 8.83. The minimum absolute atomic E-state index is 0.0267. The molecule has 1 atom stereocenters. The summed E-state index contributed by atoms with van der Waals surface area (Å²) < 4.78 is 16.2. The second-order valence-corrected chi connectivity index (χ2v) is 8.40. The number of ether oxygens (including phenoxy) is 3. The summed E-state index contributed by atoms with van der Waals surface area (Å²) in [6.07, 6.45) is 1.09. The topological polar surface area (TPSA) is 97.8 Å². The van der Waals surface area contributed by atoms with Crippen LogP contribution in [0.15, 0.2) is 40.9 Å². The van der Waals surface area contributed by atoms with Crippen LogP contribution >= 0.6 is 0 Å². The van der Waals surface area contributed by atoms with Crippen molar-refractivity contribution in [2.45, 2.75) is 32.6 Å². The van der Waals surface area contributed by atoms with Crippen molar-refractivity contribution in [1.82, 2.24) is 4.90 Å². The van der Waals surface area contributed by atoms with Gasteiger partial charge in [0.25, 0.3) is 0 Å². The number of nitrogens with two attached hydrogens (primary N) is 1. The molecule has 1 aromatic carbocycles. The van der Waals surface area contributed by atoms with Crippen molar-refractivity contribution in [3.8, 4) is 17.6 Å². The van der Waals surface area contributed by atoms with Crippen molar-refractivity contribution >= 4 is 5.78 Å². The number of Topliss-reactive ketones (excluding diaryl/α,β-unsaturated/α-hetero) is 1. The molecule has 0 fully saturated rings. The van der Waals surface area contributed by atoms with Gasteiger partial charge in [-0.2, -0.15) is 5.26 Å². The van der Waals surface area contributed by atoms with E-state index >= 15 is 0 Å². The number of ketones is 1. The first-order chi connectivity index (χ1) is 14.3. The molecule has 0 amide bonds. The zero-order valence-corrected chi connectivity index (χ0v) is 18.2. The number of carbonyl (C=O) groups excluding carboxylic acids is 1. The van der Waals surface area contributed by atoms with Crippen LogP contribution in [-0.2, 0) is 9.53 Å². The van der Waals surface area contributed by atoms with Crippen molar-refractivity contribution in [3.05, 3.63) is 46.4 Å². The first kappa shape index (κ1) is 21.7. The highest BCUT2D eigenvalue weighted by Crippen LogP contribution is 2.50. The van der Waals surface area contributed by atoms with Gasteiger partial charge in [-0.1, -0.05) is 13.8 Å². The fraction of sp³-hybridized carbons (Fsp3) is 0.478. The molecule has 1 heterocycles. The molecule has 1 aliphatic heterocycles. The van der Waals surface area contributed by atoms with E-state index in [1.165, 1.54) is 0 Å². The van der Waals surface area contributed by atoms with E-state index in [0.717, 1.165) is 5.70 Å².